The lowest BCUT2D eigenvalue weighted by Crippen LogP contribution is -2.27. The van der Waals surface area contributed by atoms with Gasteiger partial charge in [-0.05, 0) is 85.4 Å². The highest BCUT2D eigenvalue weighted by Crippen LogP contribution is 2.45. The van der Waals surface area contributed by atoms with Crippen LogP contribution in [0.2, 0.25) is 5.02 Å². The fraction of sp³-hybridized carbons (Fsp3) is 0.185. The number of fused-ring (bicyclic) bond motifs is 1. The summed E-state index contributed by atoms with van der Waals surface area (Å²) in [7, 11) is 0. The number of imide groups is 1. The molecule has 2 amide bonds. The van der Waals surface area contributed by atoms with E-state index in [2.05, 4.69) is 31.9 Å². The van der Waals surface area contributed by atoms with Gasteiger partial charge in [0, 0.05) is 15.6 Å². The molecule has 38 heavy (non-hydrogen) atoms. The topological polar surface area (TPSA) is 74.3 Å². The molecule has 0 aromatic heterocycles. The number of ether oxygens (including phenoxy) is 4. The fourth-order valence-corrected chi connectivity index (χ4v) is 5.86. The predicted molar refractivity (Wildman–Crippen MR) is 153 cm³/mol. The SMILES string of the molecule is CCOc1cc(/C=C2\SC(=O)N(Cc3cc4c(cc3Cl)OCO4)C2=O)c(Br)c(Br)c1OCc1ccccc1. The highest BCUT2D eigenvalue weighted by atomic mass is 79.9. The minimum absolute atomic E-state index is 0.0127. The molecule has 7 nitrogen and oxygen atoms in total. The van der Waals surface area contributed by atoms with Crippen molar-refractivity contribution in [3.05, 3.63) is 84.1 Å². The monoisotopic (exact) mass is 679 g/mol. The maximum absolute atomic E-state index is 13.2. The third kappa shape index (κ3) is 5.54. The molecule has 2 heterocycles. The standard InChI is InChI=1S/C27H20Br2ClNO6S/c1-2-34-21-8-16(23(28)24(29)25(21)35-13-15-6-4-3-5-7-15)10-22-26(32)31(27(33)38-22)12-17-9-19-20(11-18(17)30)37-14-36-19/h3-11H,2,12-14H2,1H3/b22-10-. The van der Waals surface area contributed by atoms with Crippen molar-refractivity contribution in [3.63, 3.8) is 0 Å². The van der Waals surface area contributed by atoms with Crippen LogP contribution < -0.4 is 18.9 Å². The average molecular weight is 682 g/mol. The molecule has 2 aliphatic heterocycles. The summed E-state index contributed by atoms with van der Waals surface area (Å²) in [6.45, 7) is 2.76. The van der Waals surface area contributed by atoms with Crippen LogP contribution in [0, 0.1) is 0 Å². The number of halogens is 3. The van der Waals surface area contributed by atoms with Crippen molar-refractivity contribution in [1.29, 1.82) is 0 Å². The van der Waals surface area contributed by atoms with Gasteiger partial charge >= 0.3 is 0 Å². The Morgan fingerprint density at radius 1 is 1.05 bits per heavy atom. The minimum Gasteiger partial charge on any atom is -0.490 e. The van der Waals surface area contributed by atoms with Crippen molar-refractivity contribution >= 4 is 72.4 Å². The second kappa shape index (κ2) is 11.6. The number of hydrogen-bond donors (Lipinski definition) is 0. The predicted octanol–water partition coefficient (Wildman–Crippen LogP) is 7.81. The smallest absolute Gasteiger partial charge is 0.293 e. The summed E-state index contributed by atoms with van der Waals surface area (Å²) < 4.78 is 24.0. The van der Waals surface area contributed by atoms with E-state index in [9.17, 15) is 9.59 Å². The van der Waals surface area contributed by atoms with Gasteiger partial charge in [0.25, 0.3) is 11.1 Å². The molecule has 0 bridgehead atoms. The van der Waals surface area contributed by atoms with Crippen LogP contribution >= 0.6 is 55.2 Å². The molecule has 3 aromatic rings. The minimum atomic E-state index is -0.417. The van der Waals surface area contributed by atoms with Crippen molar-refractivity contribution in [2.75, 3.05) is 13.4 Å². The number of thioether (sulfide) groups is 1. The van der Waals surface area contributed by atoms with Gasteiger partial charge in [-0.3, -0.25) is 14.5 Å². The summed E-state index contributed by atoms with van der Waals surface area (Å²) >= 11 is 14.4. The zero-order valence-electron chi connectivity index (χ0n) is 20.0. The molecular weight excluding hydrogens is 662 g/mol. The van der Waals surface area contributed by atoms with Gasteiger partial charge in [0.05, 0.1) is 22.5 Å². The first-order valence-electron chi connectivity index (χ1n) is 11.5. The number of amides is 2. The van der Waals surface area contributed by atoms with Crippen molar-refractivity contribution in [2.24, 2.45) is 0 Å². The van der Waals surface area contributed by atoms with Crippen LogP contribution in [0.4, 0.5) is 4.79 Å². The van der Waals surface area contributed by atoms with Crippen molar-refractivity contribution in [1.82, 2.24) is 4.90 Å². The lowest BCUT2D eigenvalue weighted by atomic mass is 10.1. The molecule has 0 aliphatic carbocycles. The average Bonchev–Trinajstić information content (AvgIpc) is 3.46. The lowest BCUT2D eigenvalue weighted by Gasteiger charge is -2.17. The second-order valence-corrected chi connectivity index (χ2v) is 11.2. The molecule has 1 fully saturated rings. The van der Waals surface area contributed by atoms with Crippen molar-refractivity contribution < 1.29 is 28.5 Å². The van der Waals surface area contributed by atoms with Crippen LogP contribution in [0.3, 0.4) is 0 Å². The molecule has 5 rings (SSSR count). The van der Waals surface area contributed by atoms with Crippen LogP contribution in [-0.4, -0.2) is 29.4 Å². The van der Waals surface area contributed by atoms with Gasteiger partial charge in [0.2, 0.25) is 6.79 Å². The highest BCUT2D eigenvalue weighted by molar-refractivity contribution is 9.13. The fourth-order valence-electron chi connectivity index (χ4n) is 3.86. The first-order chi connectivity index (χ1) is 18.4. The molecule has 11 heteroatoms. The van der Waals surface area contributed by atoms with Crippen LogP contribution in [0.1, 0.15) is 23.6 Å². The summed E-state index contributed by atoms with van der Waals surface area (Å²) in [5, 5.41) is -0.00517. The Labute approximate surface area is 245 Å². The molecule has 0 radical (unpaired) electrons. The van der Waals surface area contributed by atoms with Gasteiger partial charge < -0.3 is 18.9 Å². The summed E-state index contributed by atoms with van der Waals surface area (Å²) in [4.78, 5) is 27.5. The zero-order valence-corrected chi connectivity index (χ0v) is 24.7. The first-order valence-corrected chi connectivity index (χ1v) is 14.3. The van der Waals surface area contributed by atoms with Crippen LogP contribution in [-0.2, 0) is 17.9 Å². The summed E-state index contributed by atoms with van der Waals surface area (Å²) in [5.41, 5.74) is 2.25. The van der Waals surface area contributed by atoms with Gasteiger partial charge in [0.15, 0.2) is 23.0 Å². The van der Waals surface area contributed by atoms with Crippen LogP contribution in [0.15, 0.2) is 62.4 Å². The quantitative estimate of drug-likeness (QED) is 0.225. The Hall–Kier alpha value is -2.66. The lowest BCUT2D eigenvalue weighted by molar-refractivity contribution is -0.123. The van der Waals surface area contributed by atoms with E-state index in [-0.39, 0.29) is 18.2 Å². The maximum atomic E-state index is 13.2. The molecule has 0 atom stereocenters. The van der Waals surface area contributed by atoms with Crippen molar-refractivity contribution in [2.45, 2.75) is 20.1 Å². The van der Waals surface area contributed by atoms with E-state index in [1.54, 1.807) is 24.3 Å². The van der Waals surface area contributed by atoms with Crippen LogP contribution in [0.5, 0.6) is 23.0 Å². The molecule has 2 aliphatic rings. The van der Waals surface area contributed by atoms with E-state index in [1.165, 1.54) is 0 Å². The van der Waals surface area contributed by atoms with Crippen molar-refractivity contribution in [3.8, 4) is 23.0 Å². The van der Waals surface area contributed by atoms with E-state index < -0.39 is 11.1 Å². The number of carbonyl (C=O) groups is 2. The summed E-state index contributed by atoms with van der Waals surface area (Å²) in [5.74, 6) is 1.68. The highest BCUT2D eigenvalue weighted by Gasteiger charge is 2.36. The molecule has 0 saturated carbocycles. The van der Waals surface area contributed by atoms with E-state index in [1.807, 2.05) is 37.3 Å². The van der Waals surface area contributed by atoms with Gasteiger partial charge in [-0.1, -0.05) is 41.9 Å². The molecular formula is C27H20Br2ClNO6S. The number of rotatable bonds is 8. The van der Waals surface area contributed by atoms with E-state index in [0.717, 1.165) is 22.2 Å². The molecule has 0 spiro atoms. The Morgan fingerprint density at radius 2 is 1.79 bits per heavy atom. The summed E-state index contributed by atoms with van der Waals surface area (Å²) in [6.07, 6.45) is 1.66. The number of carbonyl (C=O) groups excluding carboxylic acids is 2. The molecule has 3 aromatic carbocycles. The molecule has 1 saturated heterocycles. The first kappa shape index (κ1) is 26.9. The second-order valence-electron chi connectivity index (χ2n) is 8.19. The number of nitrogens with zero attached hydrogens (tertiary/aromatic N) is 1. The Balaban J connectivity index is 1.40. The van der Waals surface area contributed by atoms with E-state index in [0.29, 0.717) is 61.3 Å². The van der Waals surface area contributed by atoms with Crippen LogP contribution in [0.25, 0.3) is 6.08 Å². The van der Waals surface area contributed by atoms with E-state index >= 15 is 0 Å². The van der Waals surface area contributed by atoms with Gasteiger partial charge in [-0.15, -0.1) is 0 Å². The van der Waals surface area contributed by atoms with E-state index in [4.69, 9.17) is 30.5 Å². The number of benzene rings is 3. The van der Waals surface area contributed by atoms with Gasteiger partial charge in [-0.25, -0.2) is 0 Å². The van der Waals surface area contributed by atoms with Gasteiger partial charge in [0.1, 0.15) is 6.61 Å². The maximum Gasteiger partial charge on any atom is 0.293 e. The molecule has 196 valence electrons. The number of hydrogen-bond acceptors (Lipinski definition) is 7. The Bertz CT molecular complexity index is 1450. The zero-order chi connectivity index (χ0) is 26.8. The Kier molecular flexibility index (Phi) is 8.23. The third-order valence-corrected chi connectivity index (χ3v) is 9.11. The largest absolute Gasteiger partial charge is 0.490 e. The van der Waals surface area contributed by atoms with Gasteiger partial charge in [-0.2, -0.15) is 0 Å². The summed E-state index contributed by atoms with van der Waals surface area (Å²) in [6, 6.07) is 14.9. The normalized spacial score (nSPS) is 15.5. The third-order valence-electron chi connectivity index (χ3n) is 5.71. The Morgan fingerprint density at radius 3 is 2.53 bits per heavy atom. The molecule has 0 unspecified atom stereocenters. The molecule has 0 N–H and O–H groups in total.